The van der Waals surface area contributed by atoms with Gasteiger partial charge in [-0.25, -0.2) is 0 Å². The van der Waals surface area contributed by atoms with Crippen LogP contribution in [-0.2, 0) is 9.53 Å². The van der Waals surface area contributed by atoms with Crippen molar-refractivity contribution in [2.24, 2.45) is 5.73 Å². The molecule has 1 aromatic carbocycles. The first-order valence-electron chi connectivity index (χ1n) is 7.02. The predicted molar refractivity (Wildman–Crippen MR) is 82.1 cm³/mol. The molecule has 1 aliphatic heterocycles. The Kier molecular flexibility index (Phi) is 5.26. The van der Waals surface area contributed by atoms with Gasteiger partial charge in [-0.2, -0.15) is 0 Å². The summed E-state index contributed by atoms with van der Waals surface area (Å²) >= 11 is 5.83. The summed E-state index contributed by atoms with van der Waals surface area (Å²) in [7, 11) is 0. The first kappa shape index (κ1) is 16.6. The maximum absolute atomic E-state index is 12.2. The fraction of sp³-hybridized carbons (Fsp3) is 0.467. The molecule has 2 rings (SSSR count). The van der Waals surface area contributed by atoms with Crippen LogP contribution in [-0.4, -0.2) is 48.6 Å². The molecule has 2 N–H and O–H groups in total. The van der Waals surface area contributed by atoms with Crippen molar-refractivity contribution >= 4 is 23.4 Å². The number of morpholine rings is 1. The van der Waals surface area contributed by atoms with Crippen molar-refractivity contribution in [3.63, 3.8) is 0 Å². The zero-order valence-corrected chi connectivity index (χ0v) is 13.3. The van der Waals surface area contributed by atoms with Gasteiger partial charge >= 0.3 is 0 Å². The molecule has 1 aromatic rings. The second-order valence-electron chi connectivity index (χ2n) is 5.35. The molecule has 0 saturated carbocycles. The number of carbonyl (C=O) groups is 2. The van der Waals surface area contributed by atoms with E-state index in [2.05, 4.69) is 0 Å². The lowest BCUT2D eigenvalue weighted by molar-refractivity contribution is -0.145. The Balaban J connectivity index is 2.01. The molecule has 1 heterocycles. The average Bonchev–Trinajstić information content (AvgIpc) is 2.44. The summed E-state index contributed by atoms with van der Waals surface area (Å²) in [6, 6.07) is 4.52. The van der Waals surface area contributed by atoms with Crippen LogP contribution >= 0.6 is 11.6 Å². The van der Waals surface area contributed by atoms with Crippen LogP contribution < -0.4 is 10.5 Å². The van der Waals surface area contributed by atoms with Crippen molar-refractivity contribution in [1.82, 2.24) is 4.90 Å². The Labute approximate surface area is 134 Å². The van der Waals surface area contributed by atoms with Crippen molar-refractivity contribution in [3.8, 4) is 5.75 Å². The quantitative estimate of drug-likeness (QED) is 0.908. The van der Waals surface area contributed by atoms with E-state index in [1.807, 2.05) is 13.8 Å². The third-order valence-corrected chi connectivity index (χ3v) is 3.57. The smallest absolute Gasteiger partial charge is 0.260 e. The number of benzene rings is 1. The summed E-state index contributed by atoms with van der Waals surface area (Å²) in [4.78, 5) is 25.3. The van der Waals surface area contributed by atoms with Crippen LogP contribution in [0.15, 0.2) is 18.2 Å². The van der Waals surface area contributed by atoms with Crippen LogP contribution in [0.5, 0.6) is 5.75 Å². The van der Waals surface area contributed by atoms with Crippen LogP contribution in [0, 0.1) is 0 Å². The van der Waals surface area contributed by atoms with E-state index in [1.165, 1.54) is 12.1 Å². The number of rotatable bonds is 4. The zero-order valence-electron chi connectivity index (χ0n) is 12.5. The van der Waals surface area contributed by atoms with Gasteiger partial charge in [-0.1, -0.05) is 11.6 Å². The minimum Gasteiger partial charge on any atom is -0.483 e. The summed E-state index contributed by atoms with van der Waals surface area (Å²) in [6.45, 7) is 4.72. The standard InChI is InChI=1S/C15H19ClN2O4/c1-9-6-18(7-10(2)22-9)14(19)8-21-13-4-3-11(16)5-12(13)15(17)20/h3-5,9-10H,6-8H2,1-2H3,(H2,17,20)/t9-,10+. The van der Waals surface area contributed by atoms with Gasteiger partial charge in [0.25, 0.3) is 11.8 Å². The van der Waals surface area contributed by atoms with Gasteiger partial charge in [0.2, 0.25) is 0 Å². The maximum atomic E-state index is 12.2. The molecule has 7 heteroatoms. The van der Waals surface area contributed by atoms with Crippen molar-refractivity contribution in [2.75, 3.05) is 19.7 Å². The molecule has 22 heavy (non-hydrogen) atoms. The molecule has 1 saturated heterocycles. The average molecular weight is 327 g/mol. The number of halogens is 1. The van der Waals surface area contributed by atoms with Crippen LogP contribution in [0.2, 0.25) is 5.02 Å². The largest absolute Gasteiger partial charge is 0.483 e. The summed E-state index contributed by atoms with van der Waals surface area (Å²) in [5, 5.41) is 0.378. The van der Waals surface area contributed by atoms with E-state index < -0.39 is 5.91 Å². The van der Waals surface area contributed by atoms with E-state index >= 15 is 0 Å². The minimum atomic E-state index is -0.654. The van der Waals surface area contributed by atoms with Gasteiger partial charge in [-0.15, -0.1) is 0 Å². The van der Waals surface area contributed by atoms with E-state index in [0.29, 0.717) is 18.1 Å². The summed E-state index contributed by atoms with van der Waals surface area (Å²) in [6.07, 6.45) is -0.0196. The molecule has 1 aliphatic rings. The number of nitrogens with two attached hydrogens (primary N) is 1. The van der Waals surface area contributed by atoms with Gasteiger partial charge in [0.1, 0.15) is 5.75 Å². The monoisotopic (exact) mass is 326 g/mol. The Hall–Kier alpha value is -1.79. The molecular weight excluding hydrogens is 308 g/mol. The fourth-order valence-electron chi connectivity index (χ4n) is 2.43. The third kappa shape index (κ3) is 4.11. The lowest BCUT2D eigenvalue weighted by Crippen LogP contribution is -2.49. The van der Waals surface area contributed by atoms with Gasteiger partial charge in [-0.3, -0.25) is 9.59 Å². The number of hydrogen-bond donors (Lipinski definition) is 1. The Morgan fingerprint density at radius 3 is 2.59 bits per heavy atom. The number of amides is 2. The number of carbonyl (C=O) groups excluding carboxylic acids is 2. The van der Waals surface area contributed by atoms with E-state index in [9.17, 15) is 9.59 Å². The molecule has 0 unspecified atom stereocenters. The summed E-state index contributed by atoms with van der Waals surface area (Å²) in [5.41, 5.74) is 5.44. The highest BCUT2D eigenvalue weighted by Gasteiger charge is 2.26. The summed E-state index contributed by atoms with van der Waals surface area (Å²) < 4.78 is 11.0. The molecule has 0 aromatic heterocycles. The van der Waals surface area contributed by atoms with E-state index in [4.69, 9.17) is 26.8 Å². The molecule has 2 atom stereocenters. The highest BCUT2D eigenvalue weighted by Crippen LogP contribution is 2.22. The van der Waals surface area contributed by atoms with Crippen molar-refractivity contribution in [2.45, 2.75) is 26.1 Å². The van der Waals surface area contributed by atoms with Crippen molar-refractivity contribution in [3.05, 3.63) is 28.8 Å². The Morgan fingerprint density at radius 2 is 2.00 bits per heavy atom. The normalized spacial score (nSPS) is 21.5. The van der Waals surface area contributed by atoms with E-state index in [1.54, 1.807) is 11.0 Å². The Bertz CT molecular complexity index is 569. The van der Waals surface area contributed by atoms with Gasteiger partial charge in [0, 0.05) is 18.1 Å². The van der Waals surface area contributed by atoms with E-state index in [-0.39, 0.29) is 36.0 Å². The molecule has 0 spiro atoms. The lowest BCUT2D eigenvalue weighted by atomic mass is 10.2. The second-order valence-corrected chi connectivity index (χ2v) is 5.79. The predicted octanol–water partition coefficient (Wildman–Crippen LogP) is 1.45. The van der Waals surface area contributed by atoms with Gasteiger partial charge in [0.15, 0.2) is 6.61 Å². The lowest BCUT2D eigenvalue weighted by Gasteiger charge is -2.35. The fourth-order valence-corrected chi connectivity index (χ4v) is 2.61. The number of nitrogens with zero attached hydrogens (tertiary/aromatic N) is 1. The zero-order chi connectivity index (χ0) is 16.3. The first-order valence-corrected chi connectivity index (χ1v) is 7.40. The molecule has 120 valence electrons. The molecule has 0 radical (unpaired) electrons. The maximum Gasteiger partial charge on any atom is 0.260 e. The molecule has 0 bridgehead atoms. The van der Waals surface area contributed by atoms with Crippen molar-refractivity contribution < 1.29 is 19.1 Å². The van der Waals surface area contributed by atoms with Crippen LogP contribution in [0.1, 0.15) is 24.2 Å². The molecule has 1 fully saturated rings. The highest BCUT2D eigenvalue weighted by molar-refractivity contribution is 6.31. The number of ether oxygens (including phenoxy) is 2. The highest BCUT2D eigenvalue weighted by atomic mass is 35.5. The number of hydrogen-bond acceptors (Lipinski definition) is 4. The number of primary amides is 1. The van der Waals surface area contributed by atoms with Gasteiger partial charge in [-0.05, 0) is 32.0 Å². The van der Waals surface area contributed by atoms with Crippen LogP contribution in [0.25, 0.3) is 0 Å². The van der Waals surface area contributed by atoms with Crippen LogP contribution in [0.3, 0.4) is 0 Å². The molecular formula is C15H19ClN2O4. The minimum absolute atomic E-state index is 0.00980. The molecule has 2 amide bonds. The van der Waals surface area contributed by atoms with Crippen LogP contribution in [0.4, 0.5) is 0 Å². The van der Waals surface area contributed by atoms with Gasteiger partial charge < -0.3 is 20.1 Å². The molecule has 6 nitrogen and oxygen atoms in total. The first-order chi connectivity index (χ1) is 10.4. The topological polar surface area (TPSA) is 81.9 Å². The molecule has 0 aliphatic carbocycles. The Morgan fingerprint density at radius 1 is 1.36 bits per heavy atom. The van der Waals surface area contributed by atoms with Gasteiger partial charge in [0.05, 0.1) is 17.8 Å². The van der Waals surface area contributed by atoms with E-state index in [0.717, 1.165) is 0 Å². The summed E-state index contributed by atoms with van der Waals surface area (Å²) in [5.74, 6) is -0.564. The second kappa shape index (κ2) is 6.98. The van der Waals surface area contributed by atoms with Crippen molar-refractivity contribution in [1.29, 1.82) is 0 Å². The third-order valence-electron chi connectivity index (χ3n) is 3.33. The SMILES string of the molecule is C[C@@H]1CN(C(=O)COc2ccc(Cl)cc2C(N)=O)C[C@H](C)O1.